The lowest BCUT2D eigenvalue weighted by molar-refractivity contribution is 0.571. The summed E-state index contributed by atoms with van der Waals surface area (Å²) in [6.45, 7) is 0. The zero-order valence-electron chi connectivity index (χ0n) is 5.94. The second kappa shape index (κ2) is 3.02. The van der Waals surface area contributed by atoms with Crippen molar-refractivity contribution in [3.05, 3.63) is 29.5 Å². The van der Waals surface area contributed by atoms with Crippen LogP contribution in [0.3, 0.4) is 0 Å². The Morgan fingerprint density at radius 3 is 2.83 bits per heavy atom. The normalized spacial score (nSPS) is 10.1. The van der Waals surface area contributed by atoms with Crippen LogP contribution in [-0.2, 0) is 0 Å². The summed E-state index contributed by atoms with van der Waals surface area (Å²) < 4.78 is 5.58. The molecule has 0 bridgehead atoms. The lowest BCUT2D eigenvalue weighted by Crippen LogP contribution is -1.85. The summed E-state index contributed by atoms with van der Waals surface area (Å²) in [7, 11) is 0. The average molecular weight is 226 g/mol. The van der Waals surface area contributed by atoms with E-state index in [9.17, 15) is 0 Å². The van der Waals surface area contributed by atoms with Gasteiger partial charge in [-0.15, -0.1) is 0 Å². The van der Waals surface area contributed by atoms with E-state index in [1.54, 1.807) is 18.5 Å². The van der Waals surface area contributed by atoms with Gasteiger partial charge in [-0.2, -0.15) is 0 Å². The molecule has 0 saturated carbocycles. The van der Waals surface area contributed by atoms with Crippen LogP contribution in [0.2, 0.25) is 0 Å². The minimum Gasteiger partial charge on any atom is -0.443 e. The Morgan fingerprint density at radius 2 is 2.17 bits per heavy atom. The molecule has 60 valence electrons. The van der Waals surface area contributed by atoms with E-state index in [4.69, 9.17) is 4.42 Å². The van der Waals surface area contributed by atoms with Crippen LogP contribution >= 0.6 is 15.9 Å². The summed E-state index contributed by atoms with van der Waals surface area (Å²) in [5.74, 6) is 0.498. The van der Waals surface area contributed by atoms with Crippen molar-refractivity contribution in [2.24, 2.45) is 0 Å². The summed E-state index contributed by atoms with van der Waals surface area (Å²) >= 11 is 3.16. The average Bonchev–Trinajstić information content (AvgIpc) is 2.56. The van der Waals surface area contributed by atoms with Gasteiger partial charge in [-0.1, -0.05) is 0 Å². The van der Waals surface area contributed by atoms with E-state index < -0.39 is 0 Å². The molecule has 12 heavy (non-hydrogen) atoms. The molecule has 0 N–H and O–H groups in total. The van der Waals surface area contributed by atoms with Crippen molar-refractivity contribution in [3.8, 4) is 11.6 Å². The van der Waals surface area contributed by atoms with Gasteiger partial charge < -0.3 is 4.42 Å². The van der Waals surface area contributed by atoms with Gasteiger partial charge in [0.15, 0.2) is 4.73 Å². The highest BCUT2D eigenvalue weighted by molar-refractivity contribution is 9.10. The predicted octanol–water partition coefficient (Wildman–Crippen LogP) is 1.89. The fourth-order valence-electron chi connectivity index (χ4n) is 0.804. The maximum atomic E-state index is 5.05. The molecule has 2 aromatic heterocycles. The Hall–Kier alpha value is -1.23. The van der Waals surface area contributed by atoms with Crippen LogP contribution in [0.4, 0.5) is 0 Å². The standard InChI is InChI=1S/C7H4BrN3O/c8-7-10-2-1-5(11-7)6-9-3-4-12-6/h1-4H. The maximum absolute atomic E-state index is 5.05. The molecule has 4 nitrogen and oxygen atoms in total. The second-order valence-electron chi connectivity index (χ2n) is 2.05. The smallest absolute Gasteiger partial charge is 0.245 e. The number of nitrogens with zero attached hydrogens (tertiary/aromatic N) is 3. The van der Waals surface area contributed by atoms with Gasteiger partial charge >= 0.3 is 0 Å². The van der Waals surface area contributed by atoms with E-state index >= 15 is 0 Å². The van der Waals surface area contributed by atoms with Crippen molar-refractivity contribution in [1.29, 1.82) is 0 Å². The molecule has 5 heteroatoms. The van der Waals surface area contributed by atoms with Crippen molar-refractivity contribution in [2.75, 3.05) is 0 Å². The Labute approximate surface area is 76.8 Å². The summed E-state index contributed by atoms with van der Waals surface area (Å²) in [6.07, 6.45) is 4.72. The van der Waals surface area contributed by atoms with E-state index in [1.807, 2.05) is 0 Å². The van der Waals surface area contributed by atoms with Crippen LogP contribution in [0.1, 0.15) is 0 Å². The van der Waals surface area contributed by atoms with Crippen LogP contribution in [0.5, 0.6) is 0 Å². The van der Waals surface area contributed by atoms with Crippen LogP contribution in [-0.4, -0.2) is 15.0 Å². The number of hydrogen-bond donors (Lipinski definition) is 0. The van der Waals surface area contributed by atoms with Crippen LogP contribution in [0.15, 0.2) is 33.9 Å². The largest absolute Gasteiger partial charge is 0.443 e. The molecule has 0 spiro atoms. The molecule has 0 saturated heterocycles. The highest BCUT2D eigenvalue weighted by Gasteiger charge is 2.03. The second-order valence-corrected chi connectivity index (χ2v) is 2.76. The number of oxazole rings is 1. The lowest BCUT2D eigenvalue weighted by atomic mass is 10.4. The molecular weight excluding hydrogens is 222 g/mol. The number of hydrogen-bond acceptors (Lipinski definition) is 4. The molecule has 2 heterocycles. The van der Waals surface area contributed by atoms with Crippen molar-refractivity contribution < 1.29 is 4.42 Å². The Bertz CT molecular complexity index is 374. The van der Waals surface area contributed by atoms with Gasteiger partial charge in [0, 0.05) is 6.20 Å². The van der Waals surface area contributed by atoms with E-state index in [0.29, 0.717) is 16.3 Å². The third-order valence-electron chi connectivity index (χ3n) is 1.28. The molecule has 2 aromatic rings. The first-order valence-corrected chi connectivity index (χ1v) is 4.04. The van der Waals surface area contributed by atoms with Crippen LogP contribution in [0.25, 0.3) is 11.6 Å². The first kappa shape index (κ1) is 7.42. The van der Waals surface area contributed by atoms with Crippen molar-refractivity contribution in [2.45, 2.75) is 0 Å². The first-order chi connectivity index (χ1) is 5.86. The fraction of sp³-hybridized carbons (Fsp3) is 0. The predicted molar refractivity (Wildman–Crippen MR) is 45.2 cm³/mol. The quantitative estimate of drug-likeness (QED) is 0.696. The van der Waals surface area contributed by atoms with Crippen LogP contribution < -0.4 is 0 Å². The van der Waals surface area contributed by atoms with E-state index in [0.717, 1.165) is 0 Å². The fourth-order valence-corrected chi connectivity index (χ4v) is 1.11. The summed E-state index contributed by atoms with van der Waals surface area (Å²) in [6, 6.07) is 1.73. The van der Waals surface area contributed by atoms with E-state index in [2.05, 4.69) is 30.9 Å². The minimum atomic E-state index is 0.498. The van der Waals surface area contributed by atoms with E-state index in [-0.39, 0.29) is 0 Å². The zero-order chi connectivity index (χ0) is 8.39. The summed E-state index contributed by atoms with van der Waals surface area (Å²) in [5, 5.41) is 0. The summed E-state index contributed by atoms with van der Waals surface area (Å²) in [4.78, 5) is 11.9. The number of rotatable bonds is 1. The monoisotopic (exact) mass is 225 g/mol. The van der Waals surface area contributed by atoms with Gasteiger partial charge in [-0.05, 0) is 22.0 Å². The molecule has 0 aromatic carbocycles. The van der Waals surface area contributed by atoms with Gasteiger partial charge in [0.25, 0.3) is 0 Å². The molecule has 0 aliphatic heterocycles. The Morgan fingerprint density at radius 1 is 1.25 bits per heavy atom. The van der Waals surface area contributed by atoms with Gasteiger partial charge in [-0.25, -0.2) is 15.0 Å². The number of aromatic nitrogens is 3. The van der Waals surface area contributed by atoms with Gasteiger partial charge in [0.1, 0.15) is 12.0 Å². The molecule has 0 radical (unpaired) electrons. The van der Waals surface area contributed by atoms with Gasteiger partial charge in [-0.3, -0.25) is 0 Å². The third-order valence-corrected chi connectivity index (χ3v) is 1.66. The topological polar surface area (TPSA) is 51.8 Å². The van der Waals surface area contributed by atoms with Crippen LogP contribution in [0, 0.1) is 0 Å². The van der Waals surface area contributed by atoms with Crippen molar-refractivity contribution >= 4 is 15.9 Å². The highest BCUT2D eigenvalue weighted by atomic mass is 79.9. The maximum Gasteiger partial charge on any atom is 0.245 e. The minimum absolute atomic E-state index is 0.498. The molecule has 0 aliphatic rings. The lowest BCUT2D eigenvalue weighted by Gasteiger charge is -1.92. The molecule has 0 fully saturated rings. The third kappa shape index (κ3) is 1.35. The molecule has 0 atom stereocenters. The Balaban J connectivity index is 2.48. The molecule has 0 unspecified atom stereocenters. The number of halogens is 1. The van der Waals surface area contributed by atoms with Gasteiger partial charge in [0.2, 0.25) is 5.89 Å². The molecular formula is C7H4BrN3O. The Kier molecular flexibility index (Phi) is 1.87. The first-order valence-electron chi connectivity index (χ1n) is 3.24. The SMILES string of the molecule is Brc1nccc(-c2ncco2)n1. The van der Waals surface area contributed by atoms with Crippen molar-refractivity contribution in [1.82, 2.24) is 15.0 Å². The molecule has 0 amide bonds. The molecule has 2 rings (SSSR count). The van der Waals surface area contributed by atoms with Gasteiger partial charge in [0.05, 0.1) is 6.20 Å². The molecule has 0 aliphatic carbocycles. The van der Waals surface area contributed by atoms with E-state index in [1.165, 1.54) is 6.26 Å². The highest BCUT2D eigenvalue weighted by Crippen LogP contribution is 2.14. The zero-order valence-corrected chi connectivity index (χ0v) is 7.52. The summed E-state index contributed by atoms with van der Waals surface area (Å²) in [5.41, 5.74) is 0.668. The van der Waals surface area contributed by atoms with Crippen molar-refractivity contribution in [3.63, 3.8) is 0 Å².